The average Bonchev–Trinajstić information content (AvgIpc) is 2.70. The summed E-state index contributed by atoms with van der Waals surface area (Å²) in [6.07, 6.45) is 0. The molecule has 0 spiro atoms. The Morgan fingerprint density at radius 2 is 1.70 bits per heavy atom. The molecule has 27 heavy (non-hydrogen) atoms. The third kappa shape index (κ3) is 3.75. The number of hydrogen-bond acceptors (Lipinski definition) is 5. The maximum atomic E-state index is 13.8. The Morgan fingerprint density at radius 3 is 2.44 bits per heavy atom. The number of carbonyl (C=O) groups is 1. The Morgan fingerprint density at radius 1 is 0.963 bits per heavy atom. The molecule has 1 aliphatic rings. The van der Waals surface area contributed by atoms with Gasteiger partial charge < -0.3 is 4.90 Å². The van der Waals surface area contributed by atoms with E-state index in [1.807, 2.05) is 17.0 Å². The molecule has 0 atom stereocenters. The van der Waals surface area contributed by atoms with Gasteiger partial charge in [0, 0.05) is 44.4 Å². The van der Waals surface area contributed by atoms with E-state index in [1.54, 1.807) is 17.0 Å². The number of hydrogen-bond donors (Lipinski definition) is 0. The quantitative estimate of drug-likeness (QED) is 0.709. The number of halogens is 2. The first-order valence-corrected chi connectivity index (χ1v) is 8.65. The van der Waals surface area contributed by atoms with Gasteiger partial charge >= 0.3 is 0 Å². The van der Waals surface area contributed by atoms with E-state index in [1.165, 1.54) is 12.1 Å². The lowest BCUT2D eigenvalue weighted by Crippen LogP contribution is -2.48. The van der Waals surface area contributed by atoms with Gasteiger partial charge in [-0.1, -0.05) is 18.2 Å². The number of aromatic nitrogens is 3. The number of amides is 1. The molecule has 8 heteroatoms. The molecule has 1 aliphatic heterocycles. The number of nitrogens with zero attached hydrogens (tertiary/aromatic N) is 5. The predicted octanol–water partition coefficient (Wildman–Crippen LogP) is 2.26. The minimum Gasteiger partial charge on any atom is -0.333 e. The van der Waals surface area contributed by atoms with E-state index in [0.717, 1.165) is 6.07 Å². The fraction of sp³-hybridized carbons (Fsp3) is 0.263. The largest absolute Gasteiger partial charge is 0.333 e. The van der Waals surface area contributed by atoms with Crippen LogP contribution in [0.15, 0.2) is 42.5 Å². The molecule has 1 saturated heterocycles. The molecule has 0 radical (unpaired) electrons. The summed E-state index contributed by atoms with van der Waals surface area (Å²) in [5.41, 5.74) is 1.71. The molecular formula is C19H17F2N5O. The van der Waals surface area contributed by atoms with Crippen LogP contribution in [-0.4, -0.2) is 57.1 Å². The second-order valence-electron chi connectivity index (χ2n) is 6.43. The lowest BCUT2D eigenvalue weighted by molar-refractivity contribution is 0.0614. The smallest absolute Gasteiger partial charge is 0.293 e. The molecule has 138 valence electrons. The van der Waals surface area contributed by atoms with Crippen LogP contribution in [0.1, 0.15) is 16.2 Å². The van der Waals surface area contributed by atoms with Crippen molar-refractivity contribution < 1.29 is 13.6 Å². The van der Waals surface area contributed by atoms with Gasteiger partial charge in [-0.05, 0) is 18.2 Å². The van der Waals surface area contributed by atoms with Gasteiger partial charge in [0.25, 0.3) is 5.91 Å². The first-order chi connectivity index (χ1) is 13.1. The van der Waals surface area contributed by atoms with E-state index >= 15 is 0 Å². The lowest BCUT2D eigenvalue weighted by Gasteiger charge is -2.34. The molecule has 2 heterocycles. The second-order valence-corrected chi connectivity index (χ2v) is 6.43. The summed E-state index contributed by atoms with van der Waals surface area (Å²) in [6.45, 7) is 2.52. The van der Waals surface area contributed by atoms with Crippen LogP contribution in [0.2, 0.25) is 0 Å². The van der Waals surface area contributed by atoms with E-state index in [0.29, 0.717) is 49.3 Å². The molecule has 3 aromatic rings. The maximum Gasteiger partial charge on any atom is 0.293 e. The van der Waals surface area contributed by atoms with Crippen molar-refractivity contribution in [2.24, 2.45) is 0 Å². The topological polar surface area (TPSA) is 62.2 Å². The van der Waals surface area contributed by atoms with Crippen LogP contribution in [-0.2, 0) is 6.54 Å². The summed E-state index contributed by atoms with van der Waals surface area (Å²) in [4.78, 5) is 20.6. The van der Waals surface area contributed by atoms with Gasteiger partial charge in [-0.25, -0.2) is 13.8 Å². The third-order valence-electron chi connectivity index (χ3n) is 4.62. The number of rotatable bonds is 3. The second kappa shape index (κ2) is 7.32. The number of benzene rings is 2. The summed E-state index contributed by atoms with van der Waals surface area (Å²) < 4.78 is 26.8. The van der Waals surface area contributed by atoms with Gasteiger partial charge in [-0.15, -0.1) is 10.2 Å². The molecule has 0 unspecified atom stereocenters. The molecule has 6 nitrogen and oxygen atoms in total. The summed E-state index contributed by atoms with van der Waals surface area (Å²) in [5.74, 6) is -1.33. The monoisotopic (exact) mass is 369 g/mol. The zero-order valence-electron chi connectivity index (χ0n) is 14.5. The predicted molar refractivity (Wildman–Crippen MR) is 94.9 cm³/mol. The van der Waals surface area contributed by atoms with E-state index in [4.69, 9.17) is 0 Å². The first kappa shape index (κ1) is 17.4. The fourth-order valence-corrected chi connectivity index (χ4v) is 3.11. The molecule has 1 amide bonds. The highest BCUT2D eigenvalue weighted by Crippen LogP contribution is 2.15. The fourth-order valence-electron chi connectivity index (χ4n) is 3.11. The molecule has 4 rings (SSSR count). The van der Waals surface area contributed by atoms with Crippen molar-refractivity contribution in [3.8, 4) is 0 Å². The minimum absolute atomic E-state index is 0.0757. The highest BCUT2D eigenvalue weighted by atomic mass is 19.1. The summed E-state index contributed by atoms with van der Waals surface area (Å²) in [7, 11) is 0. The van der Waals surface area contributed by atoms with Crippen molar-refractivity contribution in [2.45, 2.75) is 6.54 Å². The Balaban J connectivity index is 1.40. The maximum absolute atomic E-state index is 13.8. The van der Waals surface area contributed by atoms with E-state index < -0.39 is 11.6 Å². The Bertz CT molecular complexity index is 989. The van der Waals surface area contributed by atoms with E-state index in [9.17, 15) is 13.6 Å². The summed E-state index contributed by atoms with van der Waals surface area (Å²) in [5, 5.41) is 7.98. The number of piperazine rings is 1. The van der Waals surface area contributed by atoms with Crippen molar-refractivity contribution in [2.75, 3.05) is 26.2 Å². The van der Waals surface area contributed by atoms with Crippen molar-refractivity contribution in [1.82, 2.24) is 25.0 Å². The van der Waals surface area contributed by atoms with Crippen LogP contribution >= 0.6 is 0 Å². The normalized spacial score (nSPS) is 15.3. The molecule has 2 aromatic carbocycles. The van der Waals surface area contributed by atoms with E-state index in [-0.39, 0.29) is 11.7 Å². The molecule has 0 bridgehead atoms. The van der Waals surface area contributed by atoms with Gasteiger partial charge in [-0.3, -0.25) is 9.69 Å². The summed E-state index contributed by atoms with van der Waals surface area (Å²) >= 11 is 0. The lowest BCUT2D eigenvalue weighted by atomic mass is 10.1. The van der Waals surface area contributed by atoms with Crippen LogP contribution in [0.25, 0.3) is 11.0 Å². The molecule has 0 N–H and O–H groups in total. The zero-order valence-corrected chi connectivity index (χ0v) is 14.5. The SMILES string of the molecule is O=C(c1nnc2ccccc2n1)N1CCN(Cc2ccc(F)cc2F)CC1. The van der Waals surface area contributed by atoms with Gasteiger partial charge in [0.05, 0.1) is 5.52 Å². The highest BCUT2D eigenvalue weighted by molar-refractivity contribution is 5.92. The third-order valence-corrected chi connectivity index (χ3v) is 4.62. The van der Waals surface area contributed by atoms with Crippen LogP contribution in [0, 0.1) is 11.6 Å². The molecule has 0 saturated carbocycles. The molecule has 1 fully saturated rings. The number of para-hydroxylation sites is 1. The molecular weight excluding hydrogens is 352 g/mol. The van der Waals surface area contributed by atoms with Crippen molar-refractivity contribution in [3.05, 3.63) is 65.5 Å². The van der Waals surface area contributed by atoms with Gasteiger partial charge in [0.15, 0.2) is 0 Å². The van der Waals surface area contributed by atoms with Gasteiger partial charge in [0.1, 0.15) is 17.2 Å². The Labute approximate surface area is 154 Å². The average molecular weight is 369 g/mol. The van der Waals surface area contributed by atoms with Gasteiger partial charge in [0.2, 0.25) is 5.82 Å². The molecule has 1 aromatic heterocycles. The zero-order chi connectivity index (χ0) is 18.8. The van der Waals surface area contributed by atoms with Crippen LogP contribution in [0.5, 0.6) is 0 Å². The van der Waals surface area contributed by atoms with Crippen LogP contribution in [0.3, 0.4) is 0 Å². The number of carbonyl (C=O) groups excluding carboxylic acids is 1. The van der Waals surface area contributed by atoms with Crippen molar-refractivity contribution in [1.29, 1.82) is 0 Å². The standard InChI is InChI=1S/C19H17F2N5O/c20-14-6-5-13(15(21)11-14)12-25-7-9-26(10-8-25)19(27)18-22-16-3-1-2-4-17(16)23-24-18/h1-6,11H,7-10,12H2. The first-order valence-electron chi connectivity index (χ1n) is 8.65. The molecule has 0 aliphatic carbocycles. The Kier molecular flexibility index (Phi) is 4.72. The van der Waals surface area contributed by atoms with Crippen molar-refractivity contribution in [3.63, 3.8) is 0 Å². The summed E-state index contributed by atoms with van der Waals surface area (Å²) in [6, 6.07) is 10.8. The highest BCUT2D eigenvalue weighted by Gasteiger charge is 2.25. The van der Waals surface area contributed by atoms with Gasteiger partial charge in [-0.2, -0.15) is 0 Å². The van der Waals surface area contributed by atoms with Crippen LogP contribution < -0.4 is 0 Å². The van der Waals surface area contributed by atoms with Crippen molar-refractivity contribution >= 4 is 16.9 Å². The Hall–Kier alpha value is -3.00. The number of fused-ring (bicyclic) bond motifs is 1. The van der Waals surface area contributed by atoms with Crippen LogP contribution in [0.4, 0.5) is 8.78 Å². The minimum atomic E-state index is -0.587. The van der Waals surface area contributed by atoms with E-state index in [2.05, 4.69) is 15.2 Å².